The van der Waals surface area contributed by atoms with Gasteiger partial charge < -0.3 is 4.90 Å². The van der Waals surface area contributed by atoms with E-state index < -0.39 is 0 Å². The summed E-state index contributed by atoms with van der Waals surface area (Å²) in [4.78, 5) is 18.3. The zero-order chi connectivity index (χ0) is 13.8. The minimum atomic E-state index is 0.129. The molecule has 20 heavy (non-hydrogen) atoms. The number of aryl methyl sites for hydroxylation is 1. The van der Waals surface area contributed by atoms with Crippen molar-refractivity contribution in [1.29, 1.82) is 0 Å². The van der Waals surface area contributed by atoms with Crippen LogP contribution in [0.5, 0.6) is 0 Å². The molecule has 1 amide bonds. The summed E-state index contributed by atoms with van der Waals surface area (Å²) < 4.78 is 1.57. The highest BCUT2D eigenvalue weighted by Gasteiger charge is 2.26. The van der Waals surface area contributed by atoms with E-state index >= 15 is 0 Å². The van der Waals surface area contributed by atoms with Gasteiger partial charge in [-0.3, -0.25) is 9.89 Å². The maximum Gasteiger partial charge on any atom is 0.224 e. The summed E-state index contributed by atoms with van der Waals surface area (Å²) in [5, 5.41) is 17.6. The largest absolute Gasteiger partial charge is 0.342 e. The number of carbonyl (C=O) groups is 1. The highest BCUT2D eigenvalue weighted by molar-refractivity contribution is 5.76. The summed E-state index contributed by atoms with van der Waals surface area (Å²) >= 11 is 0. The molecule has 0 aliphatic carbocycles. The Morgan fingerprint density at radius 3 is 3.20 bits per heavy atom. The zero-order valence-corrected chi connectivity index (χ0v) is 11.0. The molecule has 0 aromatic carbocycles. The molecule has 1 aliphatic heterocycles. The molecule has 1 N–H and O–H groups in total. The van der Waals surface area contributed by atoms with Crippen molar-refractivity contribution in [3.05, 3.63) is 18.5 Å². The number of carbonyl (C=O) groups excluding carboxylic acids is 1. The lowest BCUT2D eigenvalue weighted by atomic mass is 9.97. The van der Waals surface area contributed by atoms with Crippen LogP contribution in [0.1, 0.15) is 31.0 Å². The molecule has 1 fully saturated rings. The maximum atomic E-state index is 12.2. The van der Waals surface area contributed by atoms with E-state index in [-0.39, 0.29) is 11.8 Å². The van der Waals surface area contributed by atoms with Crippen LogP contribution in [0.4, 0.5) is 0 Å². The first kappa shape index (κ1) is 12.7. The summed E-state index contributed by atoms with van der Waals surface area (Å²) in [6.45, 7) is 2.01. The number of tetrazole rings is 1. The van der Waals surface area contributed by atoms with Crippen LogP contribution < -0.4 is 0 Å². The molecule has 2 aromatic rings. The first-order chi connectivity index (χ1) is 9.83. The monoisotopic (exact) mass is 276 g/mol. The van der Waals surface area contributed by atoms with Crippen molar-refractivity contribution in [3.8, 4) is 0 Å². The predicted octanol–water partition coefficient (Wildman–Crippen LogP) is -0.412. The molecule has 1 atom stereocenters. The molecule has 0 spiro atoms. The second-order valence-electron chi connectivity index (χ2n) is 4.87. The number of hydrogen-bond acceptors (Lipinski definition) is 6. The molecule has 0 saturated carbocycles. The molecule has 0 radical (unpaired) electrons. The standard InChI is InChI=1S/C11H16N8O/c20-10(3-5-19-8-14-16-17-19)18-4-1-2-9(6-18)11-12-7-13-15-11/h7-9H,1-6H2,(H,12,13,15). The van der Waals surface area contributed by atoms with Crippen molar-refractivity contribution in [2.75, 3.05) is 13.1 Å². The van der Waals surface area contributed by atoms with Crippen molar-refractivity contribution in [2.45, 2.75) is 31.7 Å². The van der Waals surface area contributed by atoms with Crippen molar-refractivity contribution in [3.63, 3.8) is 0 Å². The number of H-pyrrole nitrogens is 1. The zero-order valence-electron chi connectivity index (χ0n) is 11.0. The first-order valence-electron chi connectivity index (χ1n) is 6.67. The number of nitrogens with zero attached hydrogens (tertiary/aromatic N) is 7. The van der Waals surface area contributed by atoms with E-state index in [9.17, 15) is 4.79 Å². The maximum absolute atomic E-state index is 12.2. The minimum absolute atomic E-state index is 0.129. The highest BCUT2D eigenvalue weighted by Crippen LogP contribution is 2.24. The van der Waals surface area contributed by atoms with Gasteiger partial charge >= 0.3 is 0 Å². The fourth-order valence-corrected chi connectivity index (χ4v) is 2.49. The average Bonchev–Trinajstić information content (AvgIpc) is 3.18. The Balaban J connectivity index is 1.55. The normalized spacial score (nSPS) is 19.2. The van der Waals surface area contributed by atoms with Crippen LogP contribution in [-0.4, -0.2) is 59.3 Å². The van der Waals surface area contributed by atoms with Crippen molar-refractivity contribution in [1.82, 2.24) is 40.3 Å². The number of aromatic nitrogens is 7. The van der Waals surface area contributed by atoms with Gasteiger partial charge in [-0.1, -0.05) is 0 Å². The van der Waals surface area contributed by atoms with Crippen molar-refractivity contribution in [2.24, 2.45) is 0 Å². The van der Waals surface area contributed by atoms with Crippen LogP contribution >= 0.6 is 0 Å². The van der Waals surface area contributed by atoms with E-state index in [1.807, 2.05) is 4.90 Å². The Kier molecular flexibility index (Phi) is 3.66. The topological polar surface area (TPSA) is 105 Å². The predicted molar refractivity (Wildman–Crippen MR) is 67.4 cm³/mol. The van der Waals surface area contributed by atoms with Gasteiger partial charge in [-0.25, -0.2) is 9.67 Å². The molecule has 0 bridgehead atoms. The lowest BCUT2D eigenvalue weighted by molar-refractivity contribution is -0.132. The summed E-state index contributed by atoms with van der Waals surface area (Å²) in [5.74, 6) is 1.25. The number of rotatable bonds is 4. The Morgan fingerprint density at radius 2 is 2.45 bits per heavy atom. The Labute approximate surface area is 115 Å². The minimum Gasteiger partial charge on any atom is -0.342 e. The van der Waals surface area contributed by atoms with Crippen LogP contribution in [0.3, 0.4) is 0 Å². The molecule has 1 saturated heterocycles. The van der Waals surface area contributed by atoms with E-state index in [4.69, 9.17) is 0 Å². The van der Waals surface area contributed by atoms with Gasteiger partial charge in [0.1, 0.15) is 18.5 Å². The molecule has 3 rings (SSSR count). The lowest BCUT2D eigenvalue weighted by Gasteiger charge is -2.31. The third kappa shape index (κ3) is 2.81. The van der Waals surface area contributed by atoms with Crippen LogP contribution in [0.25, 0.3) is 0 Å². The van der Waals surface area contributed by atoms with Gasteiger partial charge in [0, 0.05) is 25.4 Å². The van der Waals surface area contributed by atoms with Gasteiger partial charge in [-0.2, -0.15) is 5.10 Å². The fraction of sp³-hybridized carbons (Fsp3) is 0.636. The van der Waals surface area contributed by atoms with Gasteiger partial charge in [-0.15, -0.1) is 5.10 Å². The molecule has 106 valence electrons. The van der Waals surface area contributed by atoms with E-state index in [0.29, 0.717) is 19.5 Å². The van der Waals surface area contributed by atoms with Gasteiger partial charge in [0.2, 0.25) is 5.91 Å². The molecule has 9 heteroatoms. The highest BCUT2D eigenvalue weighted by atomic mass is 16.2. The molecule has 1 unspecified atom stereocenters. The number of likely N-dealkylation sites (tertiary alicyclic amines) is 1. The Hall–Kier alpha value is -2.32. The summed E-state index contributed by atoms with van der Waals surface area (Å²) in [6, 6.07) is 0. The molecule has 3 heterocycles. The van der Waals surface area contributed by atoms with Gasteiger partial charge in [0.25, 0.3) is 0 Å². The number of nitrogens with one attached hydrogen (secondary N) is 1. The molecule has 2 aromatic heterocycles. The summed E-state index contributed by atoms with van der Waals surface area (Å²) in [5.41, 5.74) is 0. The van der Waals surface area contributed by atoms with Gasteiger partial charge in [0.15, 0.2) is 0 Å². The van der Waals surface area contributed by atoms with Gasteiger partial charge in [-0.05, 0) is 23.3 Å². The Morgan fingerprint density at radius 1 is 1.50 bits per heavy atom. The van der Waals surface area contributed by atoms with E-state index in [1.165, 1.54) is 12.7 Å². The second kappa shape index (κ2) is 5.76. The quantitative estimate of drug-likeness (QED) is 0.813. The first-order valence-corrected chi connectivity index (χ1v) is 6.67. The van der Waals surface area contributed by atoms with Crippen LogP contribution in [0.15, 0.2) is 12.7 Å². The lowest BCUT2D eigenvalue weighted by Crippen LogP contribution is -2.39. The summed E-state index contributed by atoms with van der Waals surface area (Å²) in [6.07, 6.45) is 5.46. The van der Waals surface area contributed by atoms with Crippen LogP contribution in [0.2, 0.25) is 0 Å². The molecular weight excluding hydrogens is 260 g/mol. The molecule has 1 aliphatic rings. The van der Waals surface area contributed by atoms with E-state index in [2.05, 4.69) is 30.7 Å². The summed E-state index contributed by atoms with van der Waals surface area (Å²) in [7, 11) is 0. The smallest absolute Gasteiger partial charge is 0.224 e. The van der Waals surface area contributed by atoms with Crippen LogP contribution in [0, 0.1) is 0 Å². The van der Waals surface area contributed by atoms with Gasteiger partial charge in [0.05, 0.1) is 6.54 Å². The van der Waals surface area contributed by atoms with Crippen molar-refractivity contribution >= 4 is 5.91 Å². The molecule has 9 nitrogen and oxygen atoms in total. The van der Waals surface area contributed by atoms with E-state index in [1.54, 1.807) is 4.68 Å². The SMILES string of the molecule is O=C(CCn1cnnn1)N1CCCC(c2ncn[nH]2)C1. The average molecular weight is 276 g/mol. The third-order valence-electron chi connectivity index (χ3n) is 3.54. The number of amides is 1. The molecular formula is C11H16N8O. The number of aromatic amines is 1. The Bertz CT molecular complexity index is 537. The van der Waals surface area contributed by atoms with E-state index in [0.717, 1.165) is 25.2 Å². The number of piperidine rings is 1. The van der Waals surface area contributed by atoms with Crippen LogP contribution in [-0.2, 0) is 11.3 Å². The fourth-order valence-electron chi connectivity index (χ4n) is 2.49. The third-order valence-corrected chi connectivity index (χ3v) is 3.54. The second-order valence-corrected chi connectivity index (χ2v) is 4.87. The number of hydrogen-bond donors (Lipinski definition) is 1. The van der Waals surface area contributed by atoms with Crippen molar-refractivity contribution < 1.29 is 4.79 Å².